The van der Waals surface area contributed by atoms with Crippen LogP contribution in [0.25, 0.3) is 10.9 Å². The van der Waals surface area contributed by atoms with E-state index in [0.717, 1.165) is 0 Å². The quantitative estimate of drug-likeness (QED) is 0.732. The second kappa shape index (κ2) is 7.02. The summed E-state index contributed by atoms with van der Waals surface area (Å²) in [6.45, 7) is 1.36. The third-order valence-electron chi connectivity index (χ3n) is 4.32. The normalized spacial score (nSPS) is 18.2. The SMILES string of the molecule is CNC(=O)C[C@@H]1C(=O)NCCN1Cc1cc(=O)c2cc(F)ccc2[nH]1. The number of pyridine rings is 1. The molecular weight excluding hydrogens is 327 g/mol. The van der Waals surface area contributed by atoms with Crippen LogP contribution in [-0.2, 0) is 16.1 Å². The van der Waals surface area contributed by atoms with Crippen LogP contribution in [0.5, 0.6) is 0 Å². The molecule has 2 aromatic rings. The third-order valence-corrected chi connectivity index (χ3v) is 4.32. The molecule has 1 aliphatic heterocycles. The van der Waals surface area contributed by atoms with Gasteiger partial charge in [0.1, 0.15) is 5.82 Å². The average Bonchev–Trinajstić information content (AvgIpc) is 2.58. The molecule has 0 bridgehead atoms. The van der Waals surface area contributed by atoms with Gasteiger partial charge >= 0.3 is 0 Å². The van der Waals surface area contributed by atoms with Gasteiger partial charge in [-0.25, -0.2) is 4.39 Å². The van der Waals surface area contributed by atoms with Crippen LogP contribution >= 0.6 is 0 Å². The highest BCUT2D eigenvalue weighted by molar-refractivity contribution is 5.88. The van der Waals surface area contributed by atoms with Crippen molar-refractivity contribution in [1.82, 2.24) is 20.5 Å². The lowest BCUT2D eigenvalue weighted by atomic mass is 10.1. The van der Waals surface area contributed by atoms with Gasteiger partial charge in [0.05, 0.1) is 12.5 Å². The highest BCUT2D eigenvalue weighted by Gasteiger charge is 2.31. The van der Waals surface area contributed by atoms with Crippen LogP contribution in [0.4, 0.5) is 4.39 Å². The minimum absolute atomic E-state index is 0.0470. The number of nitrogens with zero attached hydrogens (tertiary/aromatic N) is 1. The van der Waals surface area contributed by atoms with E-state index in [-0.39, 0.29) is 29.1 Å². The van der Waals surface area contributed by atoms with Crippen molar-refractivity contribution in [2.75, 3.05) is 20.1 Å². The molecule has 1 aromatic heterocycles. The fourth-order valence-corrected chi connectivity index (χ4v) is 3.03. The molecule has 1 aliphatic rings. The second-order valence-electron chi connectivity index (χ2n) is 6.00. The Morgan fingerprint density at radius 3 is 2.92 bits per heavy atom. The van der Waals surface area contributed by atoms with Gasteiger partial charge in [0, 0.05) is 49.3 Å². The number of aromatic amines is 1. The van der Waals surface area contributed by atoms with Gasteiger partial charge in [-0.2, -0.15) is 0 Å². The van der Waals surface area contributed by atoms with Crippen molar-refractivity contribution in [3.05, 3.63) is 46.0 Å². The van der Waals surface area contributed by atoms with Crippen molar-refractivity contribution in [2.24, 2.45) is 0 Å². The lowest BCUT2D eigenvalue weighted by molar-refractivity contribution is -0.134. The number of carbonyl (C=O) groups excluding carboxylic acids is 2. The molecule has 1 fully saturated rings. The van der Waals surface area contributed by atoms with Crippen molar-refractivity contribution in [3.8, 4) is 0 Å². The number of halogens is 1. The number of hydrogen-bond acceptors (Lipinski definition) is 4. The smallest absolute Gasteiger partial charge is 0.237 e. The molecule has 2 amide bonds. The Balaban J connectivity index is 1.87. The molecule has 132 valence electrons. The van der Waals surface area contributed by atoms with Crippen LogP contribution < -0.4 is 16.1 Å². The van der Waals surface area contributed by atoms with Gasteiger partial charge in [-0.15, -0.1) is 0 Å². The molecule has 7 nitrogen and oxygen atoms in total. The molecule has 2 heterocycles. The number of piperazine rings is 1. The van der Waals surface area contributed by atoms with Crippen LogP contribution in [0, 0.1) is 5.82 Å². The van der Waals surface area contributed by atoms with Gasteiger partial charge in [0.15, 0.2) is 5.43 Å². The first kappa shape index (κ1) is 17.1. The number of aromatic nitrogens is 1. The van der Waals surface area contributed by atoms with E-state index in [1.165, 1.54) is 31.3 Å². The molecule has 8 heteroatoms. The van der Waals surface area contributed by atoms with E-state index in [1.54, 1.807) is 0 Å². The predicted octanol–water partition coefficient (Wildman–Crippen LogP) is 0.104. The second-order valence-corrected chi connectivity index (χ2v) is 6.00. The Hall–Kier alpha value is -2.74. The molecule has 3 N–H and O–H groups in total. The number of nitrogens with one attached hydrogen (secondary N) is 3. The molecule has 0 radical (unpaired) electrons. The number of H-pyrrole nitrogens is 1. The highest BCUT2D eigenvalue weighted by atomic mass is 19.1. The van der Waals surface area contributed by atoms with E-state index in [9.17, 15) is 18.8 Å². The topological polar surface area (TPSA) is 94.3 Å². The largest absolute Gasteiger partial charge is 0.359 e. The summed E-state index contributed by atoms with van der Waals surface area (Å²) in [5.74, 6) is -0.904. The number of fused-ring (bicyclic) bond motifs is 1. The predicted molar refractivity (Wildman–Crippen MR) is 90.4 cm³/mol. The number of amides is 2. The Kier molecular flexibility index (Phi) is 4.80. The molecule has 1 atom stereocenters. The molecule has 3 rings (SSSR count). The van der Waals surface area contributed by atoms with E-state index in [1.807, 2.05) is 4.90 Å². The standard InChI is InChI=1S/C17H19FN4O3/c1-19-16(24)8-14-17(25)20-4-5-22(14)9-11-7-15(23)12-6-10(18)2-3-13(12)21-11/h2-3,6-7,14H,4-5,8-9H2,1H3,(H,19,24)(H,20,25)(H,21,23)/t14-/m1/s1. The Morgan fingerprint density at radius 1 is 1.36 bits per heavy atom. The van der Waals surface area contributed by atoms with Gasteiger partial charge in [-0.1, -0.05) is 0 Å². The molecule has 0 saturated carbocycles. The van der Waals surface area contributed by atoms with E-state index in [2.05, 4.69) is 15.6 Å². The molecule has 1 aromatic carbocycles. The van der Waals surface area contributed by atoms with Gasteiger partial charge < -0.3 is 15.6 Å². The lowest BCUT2D eigenvalue weighted by Gasteiger charge is -2.34. The van der Waals surface area contributed by atoms with E-state index < -0.39 is 11.9 Å². The summed E-state index contributed by atoms with van der Waals surface area (Å²) in [6.07, 6.45) is 0.0470. The number of carbonyl (C=O) groups is 2. The Bertz CT molecular complexity index is 880. The summed E-state index contributed by atoms with van der Waals surface area (Å²) in [4.78, 5) is 41.0. The zero-order valence-corrected chi connectivity index (χ0v) is 13.8. The van der Waals surface area contributed by atoms with Gasteiger partial charge in [0.2, 0.25) is 11.8 Å². The van der Waals surface area contributed by atoms with Crippen LogP contribution in [0.2, 0.25) is 0 Å². The first-order valence-electron chi connectivity index (χ1n) is 8.01. The monoisotopic (exact) mass is 346 g/mol. The van der Waals surface area contributed by atoms with Crippen LogP contribution in [-0.4, -0.2) is 47.9 Å². The van der Waals surface area contributed by atoms with Crippen molar-refractivity contribution in [3.63, 3.8) is 0 Å². The zero-order chi connectivity index (χ0) is 18.0. The molecule has 0 unspecified atom stereocenters. The molecule has 25 heavy (non-hydrogen) atoms. The summed E-state index contributed by atoms with van der Waals surface area (Å²) in [5.41, 5.74) is 0.862. The maximum atomic E-state index is 13.3. The summed E-state index contributed by atoms with van der Waals surface area (Å²) in [7, 11) is 1.52. The van der Waals surface area contributed by atoms with E-state index in [4.69, 9.17) is 0 Å². The average molecular weight is 346 g/mol. The summed E-state index contributed by atoms with van der Waals surface area (Å²) in [6, 6.07) is 4.80. The molecule has 1 saturated heterocycles. The minimum atomic E-state index is -0.596. The fraction of sp³-hybridized carbons (Fsp3) is 0.353. The summed E-state index contributed by atoms with van der Waals surface area (Å²) >= 11 is 0. The fourth-order valence-electron chi connectivity index (χ4n) is 3.03. The lowest BCUT2D eigenvalue weighted by Crippen LogP contribution is -2.56. The minimum Gasteiger partial charge on any atom is -0.359 e. The van der Waals surface area contributed by atoms with Crippen molar-refractivity contribution in [2.45, 2.75) is 19.0 Å². The number of hydrogen-bond donors (Lipinski definition) is 3. The number of benzene rings is 1. The summed E-state index contributed by atoms with van der Waals surface area (Å²) in [5, 5.41) is 5.55. The Labute approximate surface area is 143 Å². The third kappa shape index (κ3) is 3.69. The maximum Gasteiger partial charge on any atom is 0.237 e. The number of rotatable bonds is 4. The van der Waals surface area contributed by atoms with Gasteiger partial charge in [-0.05, 0) is 18.2 Å². The van der Waals surface area contributed by atoms with E-state index >= 15 is 0 Å². The van der Waals surface area contributed by atoms with E-state index in [0.29, 0.717) is 30.8 Å². The van der Waals surface area contributed by atoms with Gasteiger partial charge in [-0.3, -0.25) is 19.3 Å². The van der Waals surface area contributed by atoms with Crippen molar-refractivity contribution in [1.29, 1.82) is 0 Å². The Morgan fingerprint density at radius 2 is 2.16 bits per heavy atom. The molecule has 0 aliphatic carbocycles. The van der Waals surface area contributed by atoms with Crippen molar-refractivity contribution < 1.29 is 14.0 Å². The van der Waals surface area contributed by atoms with Crippen LogP contribution in [0.3, 0.4) is 0 Å². The van der Waals surface area contributed by atoms with Gasteiger partial charge in [0.25, 0.3) is 0 Å². The first-order valence-corrected chi connectivity index (χ1v) is 8.01. The zero-order valence-electron chi connectivity index (χ0n) is 13.8. The van der Waals surface area contributed by atoms with Crippen molar-refractivity contribution >= 4 is 22.7 Å². The highest BCUT2D eigenvalue weighted by Crippen LogP contribution is 2.15. The maximum absolute atomic E-state index is 13.3. The van der Waals surface area contributed by atoms with Crippen LogP contribution in [0.15, 0.2) is 29.1 Å². The molecular formula is C17H19FN4O3. The summed E-state index contributed by atoms with van der Waals surface area (Å²) < 4.78 is 13.3. The molecule has 0 spiro atoms. The van der Waals surface area contributed by atoms with Crippen LogP contribution in [0.1, 0.15) is 12.1 Å². The first-order chi connectivity index (χ1) is 12.0.